The SMILES string of the molecule is CN(C(=O)c1ccc2c(=O)n3c(nc2c1)CCCCC3)C1CC2CCC(C1)N2. The number of aryl methyl sites for hydroxylation is 1. The Balaban J connectivity index is 1.45. The molecule has 1 N–H and O–H groups in total. The van der Waals surface area contributed by atoms with Gasteiger partial charge in [0, 0.05) is 43.7 Å². The van der Waals surface area contributed by atoms with Gasteiger partial charge >= 0.3 is 0 Å². The minimum Gasteiger partial charge on any atom is -0.339 e. The lowest BCUT2D eigenvalue weighted by Gasteiger charge is -2.35. The highest BCUT2D eigenvalue weighted by atomic mass is 16.2. The molecule has 1 aromatic heterocycles. The molecule has 2 fully saturated rings. The maximum absolute atomic E-state index is 13.1. The van der Waals surface area contributed by atoms with Crippen molar-refractivity contribution in [2.24, 2.45) is 0 Å². The molecule has 6 nitrogen and oxygen atoms in total. The van der Waals surface area contributed by atoms with E-state index < -0.39 is 0 Å². The van der Waals surface area contributed by atoms with E-state index >= 15 is 0 Å². The summed E-state index contributed by atoms with van der Waals surface area (Å²) in [6.45, 7) is 0.749. The Morgan fingerprint density at radius 2 is 1.96 bits per heavy atom. The standard InChI is InChI=1S/C22H28N4O2/c1-25(17-12-15-7-8-16(13-17)23-15)21(27)14-6-9-18-19(11-14)24-20-5-3-2-4-10-26(20)22(18)28/h6,9,11,15-17,23H,2-5,7-8,10,12-13H2,1H3. The van der Waals surface area contributed by atoms with Crippen LogP contribution in [0.5, 0.6) is 0 Å². The molecule has 0 saturated carbocycles. The Kier molecular flexibility index (Phi) is 4.46. The fraction of sp³-hybridized carbons (Fsp3) is 0.591. The van der Waals surface area contributed by atoms with Gasteiger partial charge in [-0.3, -0.25) is 14.2 Å². The largest absolute Gasteiger partial charge is 0.339 e. The number of amides is 1. The molecule has 0 aliphatic carbocycles. The van der Waals surface area contributed by atoms with Gasteiger partial charge in [0.05, 0.1) is 10.9 Å². The first-order valence-corrected chi connectivity index (χ1v) is 10.7. The Bertz CT molecular complexity index is 970. The van der Waals surface area contributed by atoms with E-state index in [1.54, 1.807) is 12.1 Å². The molecule has 2 unspecified atom stereocenters. The summed E-state index contributed by atoms with van der Waals surface area (Å²) in [7, 11) is 1.92. The molecule has 2 atom stereocenters. The van der Waals surface area contributed by atoms with Crippen molar-refractivity contribution in [1.82, 2.24) is 19.8 Å². The van der Waals surface area contributed by atoms with E-state index in [1.165, 1.54) is 12.8 Å². The number of carbonyl (C=O) groups excluding carboxylic acids is 1. The van der Waals surface area contributed by atoms with Gasteiger partial charge in [0.25, 0.3) is 11.5 Å². The highest BCUT2D eigenvalue weighted by Crippen LogP contribution is 2.30. The van der Waals surface area contributed by atoms with E-state index in [1.807, 2.05) is 22.6 Å². The molecule has 3 aliphatic rings. The molecule has 2 bridgehead atoms. The van der Waals surface area contributed by atoms with Crippen LogP contribution in [0.1, 0.15) is 61.1 Å². The van der Waals surface area contributed by atoms with Crippen molar-refractivity contribution < 1.29 is 4.79 Å². The summed E-state index contributed by atoms with van der Waals surface area (Å²) in [4.78, 5) is 32.7. The summed E-state index contributed by atoms with van der Waals surface area (Å²) in [6.07, 6.45) is 8.55. The molecule has 6 heteroatoms. The minimum absolute atomic E-state index is 0.0317. The fourth-order valence-electron chi connectivity index (χ4n) is 5.26. The summed E-state index contributed by atoms with van der Waals surface area (Å²) < 4.78 is 1.83. The second-order valence-electron chi connectivity index (χ2n) is 8.71. The van der Waals surface area contributed by atoms with E-state index in [9.17, 15) is 9.59 Å². The van der Waals surface area contributed by atoms with Crippen LogP contribution in [0.3, 0.4) is 0 Å². The first-order chi connectivity index (χ1) is 13.6. The molecular formula is C22H28N4O2. The van der Waals surface area contributed by atoms with Gasteiger partial charge in [-0.2, -0.15) is 0 Å². The summed E-state index contributed by atoms with van der Waals surface area (Å²) in [5, 5.41) is 4.25. The second kappa shape index (κ2) is 6.99. The predicted molar refractivity (Wildman–Crippen MR) is 109 cm³/mol. The number of fused-ring (bicyclic) bond motifs is 4. The van der Waals surface area contributed by atoms with Crippen LogP contribution in [-0.2, 0) is 13.0 Å². The van der Waals surface area contributed by atoms with Gasteiger partial charge in [-0.05, 0) is 56.7 Å². The number of hydrogen-bond donors (Lipinski definition) is 1. The molecule has 2 saturated heterocycles. The van der Waals surface area contributed by atoms with Crippen LogP contribution in [-0.4, -0.2) is 45.5 Å². The van der Waals surface area contributed by atoms with Crippen LogP contribution in [0, 0.1) is 0 Å². The van der Waals surface area contributed by atoms with Crippen molar-refractivity contribution in [3.8, 4) is 0 Å². The lowest BCUT2D eigenvalue weighted by molar-refractivity contribution is 0.0682. The van der Waals surface area contributed by atoms with E-state index in [0.717, 1.165) is 50.9 Å². The number of aromatic nitrogens is 2. The highest BCUT2D eigenvalue weighted by molar-refractivity contribution is 5.97. The van der Waals surface area contributed by atoms with Crippen LogP contribution < -0.4 is 10.9 Å². The number of nitrogens with zero attached hydrogens (tertiary/aromatic N) is 3. The van der Waals surface area contributed by atoms with Crippen molar-refractivity contribution in [2.45, 2.75) is 76.0 Å². The van der Waals surface area contributed by atoms with Crippen LogP contribution in [0.15, 0.2) is 23.0 Å². The molecule has 148 valence electrons. The van der Waals surface area contributed by atoms with Gasteiger partial charge in [-0.25, -0.2) is 4.98 Å². The Morgan fingerprint density at radius 1 is 1.18 bits per heavy atom. The average Bonchev–Trinajstić information content (AvgIpc) is 2.91. The van der Waals surface area contributed by atoms with Crippen LogP contribution in [0.4, 0.5) is 0 Å². The number of hydrogen-bond acceptors (Lipinski definition) is 4. The zero-order valence-electron chi connectivity index (χ0n) is 16.5. The van der Waals surface area contributed by atoms with E-state index in [4.69, 9.17) is 4.98 Å². The number of piperidine rings is 1. The lowest BCUT2D eigenvalue weighted by Crippen LogP contribution is -2.48. The van der Waals surface area contributed by atoms with Crippen molar-refractivity contribution in [3.63, 3.8) is 0 Å². The third-order valence-corrected chi connectivity index (χ3v) is 6.88. The lowest BCUT2D eigenvalue weighted by atomic mass is 9.98. The van der Waals surface area contributed by atoms with Crippen LogP contribution >= 0.6 is 0 Å². The molecule has 0 spiro atoms. The molecule has 3 aliphatic heterocycles. The zero-order valence-corrected chi connectivity index (χ0v) is 16.5. The number of carbonyl (C=O) groups is 1. The fourth-order valence-corrected chi connectivity index (χ4v) is 5.26. The smallest absolute Gasteiger partial charge is 0.261 e. The molecule has 2 aromatic rings. The Morgan fingerprint density at radius 3 is 2.75 bits per heavy atom. The summed E-state index contributed by atoms with van der Waals surface area (Å²) in [5.41, 5.74) is 1.32. The van der Waals surface area contributed by atoms with Crippen molar-refractivity contribution in [2.75, 3.05) is 7.05 Å². The van der Waals surface area contributed by atoms with E-state index in [0.29, 0.717) is 28.6 Å². The van der Waals surface area contributed by atoms with Gasteiger partial charge in [-0.1, -0.05) is 6.42 Å². The minimum atomic E-state index is 0.0317. The summed E-state index contributed by atoms with van der Waals surface area (Å²) >= 11 is 0. The molecule has 28 heavy (non-hydrogen) atoms. The van der Waals surface area contributed by atoms with Crippen molar-refractivity contribution >= 4 is 16.8 Å². The zero-order chi connectivity index (χ0) is 19.3. The molecule has 5 rings (SSSR count). The molecule has 0 radical (unpaired) electrons. The summed E-state index contributed by atoms with van der Waals surface area (Å²) in [5.74, 6) is 0.896. The third-order valence-electron chi connectivity index (χ3n) is 6.88. The van der Waals surface area contributed by atoms with Gasteiger partial charge in [0.2, 0.25) is 0 Å². The highest BCUT2D eigenvalue weighted by Gasteiger charge is 2.36. The van der Waals surface area contributed by atoms with Gasteiger partial charge < -0.3 is 10.2 Å². The maximum Gasteiger partial charge on any atom is 0.261 e. The van der Waals surface area contributed by atoms with Crippen molar-refractivity contribution in [1.29, 1.82) is 0 Å². The normalized spacial score (nSPS) is 26.7. The Hall–Kier alpha value is -2.21. The monoisotopic (exact) mass is 380 g/mol. The topological polar surface area (TPSA) is 67.2 Å². The Labute approximate surface area is 164 Å². The number of nitrogens with one attached hydrogen (secondary N) is 1. The molecule has 4 heterocycles. The van der Waals surface area contributed by atoms with Crippen LogP contribution in [0.2, 0.25) is 0 Å². The van der Waals surface area contributed by atoms with E-state index in [-0.39, 0.29) is 17.5 Å². The first-order valence-electron chi connectivity index (χ1n) is 10.7. The summed E-state index contributed by atoms with van der Waals surface area (Å²) in [6, 6.07) is 6.78. The van der Waals surface area contributed by atoms with Gasteiger partial charge in [0.1, 0.15) is 5.82 Å². The van der Waals surface area contributed by atoms with Gasteiger partial charge in [-0.15, -0.1) is 0 Å². The van der Waals surface area contributed by atoms with E-state index in [2.05, 4.69) is 5.32 Å². The van der Waals surface area contributed by atoms with Crippen LogP contribution in [0.25, 0.3) is 10.9 Å². The molecule has 1 aromatic carbocycles. The predicted octanol–water partition coefficient (Wildman–Crippen LogP) is 2.48. The van der Waals surface area contributed by atoms with Gasteiger partial charge in [0.15, 0.2) is 0 Å². The quantitative estimate of drug-likeness (QED) is 0.869. The number of benzene rings is 1. The third kappa shape index (κ3) is 3.04. The maximum atomic E-state index is 13.1. The second-order valence-corrected chi connectivity index (χ2v) is 8.71. The first kappa shape index (κ1) is 17.9. The van der Waals surface area contributed by atoms with Crippen molar-refractivity contribution in [3.05, 3.63) is 39.9 Å². The average molecular weight is 380 g/mol. The number of rotatable bonds is 2. The molecular weight excluding hydrogens is 352 g/mol. The molecule has 1 amide bonds.